The maximum atomic E-state index is 11.7. The number of primary amides is 1. The van der Waals surface area contributed by atoms with Crippen molar-refractivity contribution in [1.29, 1.82) is 0 Å². The Kier molecular flexibility index (Phi) is 4.39. The van der Waals surface area contributed by atoms with Gasteiger partial charge in [-0.25, -0.2) is 4.79 Å². The van der Waals surface area contributed by atoms with E-state index in [1.54, 1.807) is 23.6 Å². The number of hydrogen-bond donors (Lipinski definition) is 2. The number of carbonyl (C=O) groups excluding carboxylic acids is 2. The van der Waals surface area contributed by atoms with Gasteiger partial charge in [0.1, 0.15) is 16.3 Å². The second-order valence-electron chi connectivity index (χ2n) is 4.04. The molecule has 0 radical (unpaired) electrons. The van der Waals surface area contributed by atoms with Crippen molar-refractivity contribution in [3.63, 3.8) is 0 Å². The standard InChI is InChI=1S/C13H13N3O4S/c1-19-13(18)12-7(4-5-21-12)9-2-3-10(20-9)8(16-15)6-11(14)17/h2-5H,6,15H2,1H3,(H2,14,17)/b16-8-. The number of amides is 1. The highest BCUT2D eigenvalue weighted by molar-refractivity contribution is 7.12. The zero-order chi connectivity index (χ0) is 15.4. The number of ether oxygens (including phenoxy) is 1. The van der Waals surface area contributed by atoms with Crippen LogP contribution in [0.4, 0.5) is 0 Å². The van der Waals surface area contributed by atoms with Crippen LogP contribution in [0.3, 0.4) is 0 Å². The molecule has 0 saturated carbocycles. The van der Waals surface area contributed by atoms with Crippen molar-refractivity contribution >= 4 is 28.9 Å². The van der Waals surface area contributed by atoms with Gasteiger partial charge in [-0.2, -0.15) is 5.10 Å². The number of hydrogen-bond acceptors (Lipinski definition) is 7. The minimum Gasteiger partial charge on any atom is -0.465 e. The van der Waals surface area contributed by atoms with Gasteiger partial charge < -0.3 is 20.7 Å². The molecule has 21 heavy (non-hydrogen) atoms. The fourth-order valence-electron chi connectivity index (χ4n) is 1.75. The summed E-state index contributed by atoms with van der Waals surface area (Å²) in [4.78, 5) is 23.0. The Morgan fingerprint density at radius 3 is 2.76 bits per heavy atom. The molecule has 0 atom stereocenters. The van der Waals surface area contributed by atoms with Crippen LogP contribution in [0, 0.1) is 0 Å². The number of methoxy groups -OCH3 is 1. The van der Waals surface area contributed by atoms with Crippen LogP contribution >= 0.6 is 11.3 Å². The van der Waals surface area contributed by atoms with Crippen molar-refractivity contribution in [3.8, 4) is 11.3 Å². The highest BCUT2D eigenvalue weighted by Crippen LogP contribution is 2.30. The second-order valence-corrected chi connectivity index (χ2v) is 4.95. The van der Waals surface area contributed by atoms with Gasteiger partial charge in [0.25, 0.3) is 0 Å². The molecule has 0 saturated heterocycles. The summed E-state index contributed by atoms with van der Waals surface area (Å²) in [5.74, 6) is 5.00. The first-order valence-electron chi connectivity index (χ1n) is 5.88. The van der Waals surface area contributed by atoms with Gasteiger partial charge in [0.15, 0.2) is 5.76 Å². The third-order valence-corrected chi connectivity index (χ3v) is 3.58. The van der Waals surface area contributed by atoms with Gasteiger partial charge in [0.2, 0.25) is 5.91 Å². The fourth-order valence-corrected chi connectivity index (χ4v) is 2.57. The third kappa shape index (κ3) is 3.11. The van der Waals surface area contributed by atoms with Crippen LogP contribution in [-0.4, -0.2) is 24.7 Å². The van der Waals surface area contributed by atoms with Gasteiger partial charge in [0.05, 0.1) is 13.5 Å². The SMILES string of the molecule is COC(=O)c1sccc1-c1ccc(/C(CC(N)=O)=N\N)o1. The van der Waals surface area contributed by atoms with Crippen molar-refractivity contribution in [1.82, 2.24) is 0 Å². The number of hydrazone groups is 1. The summed E-state index contributed by atoms with van der Waals surface area (Å²) in [5, 5.41) is 5.25. The maximum Gasteiger partial charge on any atom is 0.348 e. The van der Waals surface area contributed by atoms with E-state index in [0.717, 1.165) is 0 Å². The van der Waals surface area contributed by atoms with E-state index >= 15 is 0 Å². The lowest BCUT2D eigenvalue weighted by Crippen LogP contribution is -2.17. The summed E-state index contributed by atoms with van der Waals surface area (Å²) in [6.45, 7) is 0. The van der Waals surface area contributed by atoms with E-state index in [1.807, 2.05) is 0 Å². The summed E-state index contributed by atoms with van der Waals surface area (Å²) in [7, 11) is 1.31. The number of thiophene rings is 1. The Labute approximate surface area is 124 Å². The van der Waals surface area contributed by atoms with Crippen LogP contribution in [0.1, 0.15) is 21.9 Å². The zero-order valence-electron chi connectivity index (χ0n) is 11.2. The van der Waals surface area contributed by atoms with Gasteiger partial charge in [-0.05, 0) is 23.6 Å². The number of rotatable bonds is 5. The zero-order valence-corrected chi connectivity index (χ0v) is 12.0. The molecule has 0 aliphatic carbocycles. The van der Waals surface area contributed by atoms with Gasteiger partial charge in [-0.15, -0.1) is 11.3 Å². The number of esters is 1. The van der Waals surface area contributed by atoms with Gasteiger partial charge in [-0.3, -0.25) is 4.79 Å². The lowest BCUT2D eigenvalue weighted by Gasteiger charge is -2.00. The number of nitrogens with zero attached hydrogens (tertiary/aromatic N) is 1. The van der Waals surface area contributed by atoms with Crippen LogP contribution in [0.5, 0.6) is 0 Å². The van der Waals surface area contributed by atoms with Gasteiger partial charge >= 0.3 is 5.97 Å². The van der Waals surface area contributed by atoms with Crippen molar-refractivity contribution in [2.24, 2.45) is 16.7 Å². The normalized spacial score (nSPS) is 11.4. The Bertz CT molecular complexity index is 702. The smallest absolute Gasteiger partial charge is 0.348 e. The molecule has 0 unspecified atom stereocenters. The predicted molar refractivity (Wildman–Crippen MR) is 77.9 cm³/mol. The average Bonchev–Trinajstić information content (AvgIpc) is 3.11. The van der Waals surface area contributed by atoms with E-state index < -0.39 is 11.9 Å². The van der Waals surface area contributed by atoms with Crippen LogP contribution in [0.2, 0.25) is 0 Å². The molecule has 0 aromatic carbocycles. The highest BCUT2D eigenvalue weighted by atomic mass is 32.1. The molecule has 0 fully saturated rings. The van der Waals surface area contributed by atoms with E-state index in [9.17, 15) is 9.59 Å². The molecule has 2 rings (SSSR count). The number of furan rings is 1. The fraction of sp³-hybridized carbons (Fsp3) is 0.154. The Balaban J connectivity index is 2.34. The van der Waals surface area contributed by atoms with E-state index in [0.29, 0.717) is 22.0 Å². The molecular weight excluding hydrogens is 294 g/mol. The second kappa shape index (κ2) is 6.23. The van der Waals surface area contributed by atoms with Crippen LogP contribution in [0.25, 0.3) is 11.3 Å². The summed E-state index contributed by atoms with van der Waals surface area (Å²) < 4.78 is 10.3. The van der Waals surface area contributed by atoms with Gasteiger partial charge in [0, 0.05) is 5.56 Å². The number of carbonyl (C=O) groups is 2. The van der Waals surface area contributed by atoms with E-state index in [-0.39, 0.29) is 12.1 Å². The first-order chi connectivity index (χ1) is 10.1. The first-order valence-corrected chi connectivity index (χ1v) is 6.76. The summed E-state index contributed by atoms with van der Waals surface area (Å²) in [6, 6.07) is 5.02. The lowest BCUT2D eigenvalue weighted by atomic mass is 10.2. The largest absolute Gasteiger partial charge is 0.465 e. The van der Waals surface area contributed by atoms with Gasteiger partial charge in [-0.1, -0.05) is 0 Å². The molecule has 0 bridgehead atoms. The van der Waals surface area contributed by atoms with E-state index in [4.69, 9.17) is 20.7 Å². The molecule has 110 valence electrons. The molecule has 1 amide bonds. The Morgan fingerprint density at radius 2 is 2.14 bits per heavy atom. The summed E-state index contributed by atoms with van der Waals surface area (Å²) in [5.41, 5.74) is 5.96. The van der Waals surface area contributed by atoms with E-state index in [1.165, 1.54) is 18.4 Å². The molecule has 7 nitrogen and oxygen atoms in total. The molecule has 0 aliphatic heterocycles. The number of nitrogens with two attached hydrogens (primary N) is 2. The molecule has 2 aromatic heterocycles. The quantitative estimate of drug-likeness (QED) is 0.373. The molecule has 2 aromatic rings. The minimum absolute atomic E-state index is 0.128. The molecule has 2 heterocycles. The predicted octanol–water partition coefficient (Wildman–Crippen LogP) is 1.33. The Hall–Kier alpha value is -2.61. The van der Waals surface area contributed by atoms with Crippen molar-refractivity contribution in [2.45, 2.75) is 6.42 Å². The van der Waals surface area contributed by atoms with Crippen LogP contribution in [0.15, 0.2) is 33.1 Å². The van der Waals surface area contributed by atoms with Crippen LogP contribution < -0.4 is 11.6 Å². The highest BCUT2D eigenvalue weighted by Gasteiger charge is 2.19. The lowest BCUT2D eigenvalue weighted by molar-refractivity contribution is -0.116. The summed E-state index contributed by atoms with van der Waals surface area (Å²) >= 11 is 1.25. The third-order valence-electron chi connectivity index (χ3n) is 2.69. The topological polar surface area (TPSA) is 121 Å². The summed E-state index contributed by atoms with van der Waals surface area (Å²) in [6.07, 6.45) is -0.128. The molecule has 0 aliphatic rings. The minimum atomic E-state index is -0.567. The van der Waals surface area contributed by atoms with Crippen molar-refractivity contribution < 1.29 is 18.7 Å². The van der Waals surface area contributed by atoms with Crippen LogP contribution in [-0.2, 0) is 9.53 Å². The monoisotopic (exact) mass is 307 g/mol. The Morgan fingerprint density at radius 1 is 1.38 bits per heavy atom. The average molecular weight is 307 g/mol. The molecular formula is C13H13N3O4S. The van der Waals surface area contributed by atoms with Crippen molar-refractivity contribution in [3.05, 3.63) is 34.2 Å². The molecule has 4 N–H and O–H groups in total. The molecule has 8 heteroatoms. The maximum absolute atomic E-state index is 11.7. The van der Waals surface area contributed by atoms with E-state index in [2.05, 4.69) is 5.10 Å². The van der Waals surface area contributed by atoms with Crippen molar-refractivity contribution in [2.75, 3.05) is 7.11 Å². The molecule has 0 spiro atoms. The first kappa shape index (κ1) is 14.8.